The van der Waals surface area contributed by atoms with E-state index in [4.69, 9.17) is 19.9 Å². The number of nitrogens with zero attached hydrogens (tertiary/aromatic N) is 11. The van der Waals surface area contributed by atoms with Crippen molar-refractivity contribution in [3.05, 3.63) is 187 Å². The summed E-state index contributed by atoms with van der Waals surface area (Å²) in [6.45, 7) is 20.6. The van der Waals surface area contributed by atoms with Gasteiger partial charge in [0.25, 0.3) is 0 Å². The number of halogens is 1. The molecule has 4 saturated heterocycles. The second-order valence-corrected chi connectivity index (χ2v) is 30.4. The van der Waals surface area contributed by atoms with Gasteiger partial charge in [0.15, 0.2) is 0 Å². The number of nitrogens with one attached hydrogen (secondary N) is 2. The molecule has 4 aliphatic heterocycles. The number of anilines is 5. The molecular formula is C85H107ClN14O4. The lowest BCUT2D eigenvalue weighted by Crippen LogP contribution is -2.53. The first-order valence-electron chi connectivity index (χ1n) is 38.5. The molecule has 9 heterocycles. The molecular weight excluding hydrogens is 1320 g/mol. The second-order valence-electron chi connectivity index (χ2n) is 30.4. The van der Waals surface area contributed by atoms with Crippen molar-refractivity contribution in [1.82, 2.24) is 40.0 Å². The average Bonchev–Trinajstić information content (AvgIpc) is 0.819. The van der Waals surface area contributed by atoms with Gasteiger partial charge in [0, 0.05) is 186 Å². The minimum absolute atomic E-state index is 0. The van der Waals surface area contributed by atoms with E-state index in [1.54, 1.807) is 6.07 Å². The molecule has 5 aromatic heterocycles. The van der Waals surface area contributed by atoms with Gasteiger partial charge in [0.1, 0.15) is 34.5 Å². The number of ether oxygens (including phenoxy) is 1. The summed E-state index contributed by atoms with van der Waals surface area (Å²) in [4.78, 5) is 60.5. The number of carbonyl (C=O) groups is 1. The van der Waals surface area contributed by atoms with Gasteiger partial charge in [-0.3, -0.25) is 14.7 Å². The summed E-state index contributed by atoms with van der Waals surface area (Å²) in [7, 11) is 0. The molecule has 5 aromatic carbocycles. The van der Waals surface area contributed by atoms with Gasteiger partial charge < -0.3 is 45.1 Å². The average molecular weight is 1420 g/mol. The van der Waals surface area contributed by atoms with Gasteiger partial charge in [0.05, 0.1) is 5.69 Å². The van der Waals surface area contributed by atoms with Crippen LogP contribution in [-0.4, -0.2) is 174 Å². The predicted molar refractivity (Wildman–Crippen MR) is 429 cm³/mol. The summed E-state index contributed by atoms with van der Waals surface area (Å²) >= 11 is 0. The molecule has 3 aliphatic carbocycles. The van der Waals surface area contributed by atoms with Crippen molar-refractivity contribution in [1.29, 1.82) is 0 Å². The number of fused-ring (bicyclic) bond motifs is 5. The fraction of sp³-hybridized carbons (Fsp3) is 0.459. The highest BCUT2D eigenvalue weighted by Crippen LogP contribution is 2.35. The van der Waals surface area contributed by atoms with Crippen LogP contribution >= 0.6 is 12.4 Å². The van der Waals surface area contributed by atoms with Crippen molar-refractivity contribution in [2.45, 2.75) is 159 Å². The largest absolute Gasteiger partial charge is 0.444 e. The highest BCUT2D eigenvalue weighted by molar-refractivity contribution is 5.95. The van der Waals surface area contributed by atoms with Crippen LogP contribution in [0.25, 0.3) is 54.1 Å². The molecule has 104 heavy (non-hydrogen) atoms. The van der Waals surface area contributed by atoms with Gasteiger partial charge in [-0.25, -0.2) is 29.5 Å². The standard InChI is InChI=1S/C28H30N4O2.C24H34N4O2.C19H26N4.C14H16N2.ClH/c33-27-19-25(24-10-3-4-11-26(24)34-27)30-21-7-5-8-22(18-21)31-14-16-32(17-15-31)28-23-9-2-1-6-20(23)12-13-29-28;1-24(2,3)30-23(29)26-19-8-6-9-20(17-19)27-13-15-28(16-14-27)22-21-10-5-4-7-18(21)11-12-25-22;20-16-5-3-6-17(14-16)22-10-12-23(13-11-22)19-18-7-2-1-4-15(18)8-9-21-19;1-4-10-16(11-5-1)14-13-7-3-2-6-12(13)8-9-15-14;/h1-4,6,9-13,19,21-22,30H,5,7-8,14-18H2;4-5,7,10-12,19-20H,6,8-9,13-17H2,1-3H3,(H,26,29);1-2,4,7-9,16-17H,3,5-6,10-14,20H2;2-3,6-9H,1,4-5,10-11H2;1H. The maximum atomic E-state index is 12.2. The Hall–Kier alpha value is -8.65. The van der Waals surface area contributed by atoms with Crippen LogP contribution < -0.4 is 41.6 Å². The van der Waals surface area contributed by atoms with Crippen LogP contribution in [-0.2, 0) is 4.74 Å². The smallest absolute Gasteiger partial charge is 0.407 e. The number of benzene rings is 5. The first-order chi connectivity index (χ1) is 50.4. The van der Waals surface area contributed by atoms with E-state index < -0.39 is 5.60 Å². The third-order valence-electron chi connectivity index (χ3n) is 22.4. The molecule has 0 radical (unpaired) electrons. The van der Waals surface area contributed by atoms with Crippen LogP contribution in [0.5, 0.6) is 0 Å². The summed E-state index contributed by atoms with van der Waals surface area (Å²) < 4.78 is 10.8. The predicted octanol–water partition coefficient (Wildman–Crippen LogP) is 15.4. The molecule has 0 bridgehead atoms. The Morgan fingerprint density at radius 3 is 1.22 bits per heavy atom. The van der Waals surface area contributed by atoms with E-state index >= 15 is 0 Å². The van der Waals surface area contributed by atoms with Gasteiger partial charge in [-0.1, -0.05) is 116 Å². The van der Waals surface area contributed by atoms with Crippen molar-refractivity contribution < 1.29 is 13.9 Å². The molecule has 18 nitrogen and oxygen atoms in total. The van der Waals surface area contributed by atoms with E-state index in [-0.39, 0.29) is 30.2 Å². The number of carbonyl (C=O) groups excluding carboxylic acids is 1. The van der Waals surface area contributed by atoms with Crippen molar-refractivity contribution >= 4 is 102 Å². The van der Waals surface area contributed by atoms with Gasteiger partial charge in [-0.15, -0.1) is 12.4 Å². The number of piperidine rings is 1. The van der Waals surface area contributed by atoms with E-state index in [0.29, 0.717) is 35.8 Å². The van der Waals surface area contributed by atoms with Gasteiger partial charge in [-0.05, 0) is 169 Å². The number of pyridine rings is 4. The molecule has 7 aliphatic rings. The van der Waals surface area contributed by atoms with Crippen molar-refractivity contribution in [2.75, 3.05) is 117 Å². The summed E-state index contributed by atoms with van der Waals surface area (Å²) in [6.07, 6.45) is 25.4. The van der Waals surface area contributed by atoms with Crippen LogP contribution in [0.4, 0.5) is 33.8 Å². The fourth-order valence-corrected chi connectivity index (χ4v) is 17.1. The van der Waals surface area contributed by atoms with E-state index in [0.717, 1.165) is 158 Å². The Morgan fingerprint density at radius 1 is 0.433 bits per heavy atom. The molecule has 19 heteroatoms. The SMILES string of the molecule is CC(C)(C)OC(=O)NC1CCCC(N2CCN(c3nccc4ccccc34)CC2)C1.Cl.NC1CCCC(N2CCN(c3nccc4ccccc34)CC2)C1.O=c1cc(NC2CCCC(N3CCN(c4nccc5ccccc45)CC3)C2)c2ccccc2o1.c1ccc2c(N3CCCCC3)nccc2c1. The van der Waals surface area contributed by atoms with Crippen LogP contribution in [0, 0.1) is 0 Å². The molecule has 6 atom stereocenters. The number of alkyl carbamates (subject to hydrolysis) is 1. The Labute approximate surface area is 620 Å². The maximum absolute atomic E-state index is 12.2. The molecule has 3 saturated carbocycles. The molecule has 548 valence electrons. The first kappa shape index (κ1) is 73.7. The quantitative estimate of drug-likeness (QED) is 0.110. The van der Waals surface area contributed by atoms with Crippen LogP contribution in [0.15, 0.2) is 186 Å². The zero-order valence-corrected chi connectivity index (χ0v) is 62.1. The molecule has 6 unspecified atom stereocenters. The van der Waals surface area contributed by atoms with Crippen LogP contribution in [0.2, 0.25) is 0 Å². The lowest BCUT2D eigenvalue weighted by atomic mass is 9.89. The van der Waals surface area contributed by atoms with Crippen molar-refractivity contribution in [2.24, 2.45) is 5.73 Å². The highest BCUT2D eigenvalue weighted by Gasteiger charge is 2.34. The number of para-hydroxylation sites is 1. The molecule has 4 N–H and O–H groups in total. The zero-order chi connectivity index (χ0) is 70.5. The minimum Gasteiger partial charge on any atom is -0.444 e. The van der Waals surface area contributed by atoms with E-state index in [1.807, 2.05) is 69.8 Å². The topological polar surface area (TPSA) is 181 Å². The molecule has 17 rings (SSSR count). The van der Waals surface area contributed by atoms with Crippen LogP contribution in [0.3, 0.4) is 0 Å². The number of piperazine rings is 3. The van der Waals surface area contributed by atoms with E-state index in [1.165, 1.54) is 107 Å². The Kier molecular flexibility index (Phi) is 24.8. The Morgan fingerprint density at radius 2 is 0.798 bits per heavy atom. The van der Waals surface area contributed by atoms with Gasteiger partial charge in [-0.2, -0.15) is 0 Å². The molecule has 7 fully saturated rings. The monoisotopic (exact) mass is 1420 g/mol. The second kappa shape index (κ2) is 35.0. The number of rotatable bonds is 10. The third kappa shape index (κ3) is 18.5. The molecule has 1 amide bonds. The zero-order valence-electron chi connectivity index (χ0n) is 61.3. The number of nitrogens with two attached hydrogens (primary N) is 1. The highest BCUT2D eigenvalue weighted by atomic mass is 35.5. The number of hydrogen-bond donors (Lipinski definition) is 3. The Balaban J connectivity index is 0.000000127. The van der Waals surface area contributed by atoms with E-state index in [9.17, 15) is 9.59 Å². The molecule has 10 aromatic rings. The first-order valence-corrected chi connectivity index (χ1v) is 38.5. The summed E-state index contributed by atoms with van der Waals surface area (Å²) in [5, 5.41) is 17.8. The minimum atomic E-state index is -0.454. The van der Waals surface area contributed by atoms with E-state index in [2.05, 4.69) is 181 Å². The lowest BCUT2D eigenvalue weighted by molar-refractivity contribution is 0.0467. The Bertz CT molecular complexity index is 4470. The summed E-state index contributed by atoms with van der Waals surface area (Å²) in [5.74, 6) is 4.51. The van der Waals surface area contributed by atoms with Gasteiger partial charge in [0.2, 0.25) is 0 Å². The summed E-state index contributed by atoms with van der Waals surface area (Å²) in [5.41, 5.74) is 6.95. The van der Waals surface area contributed by atoms with Crippen LogP contribution in [0.1, 0.15) is 117 Å². The number of aromatic nitrogens is 4. The maximum Gasteiger partial charge on any atom is 0.407 e. The third-order valence-corrected chi connectivity index (χ3v) is 22.4. The lowest BCUT2D eigenvalue weighted by Gasteiger charge is -2.43. The number of amides is 1. The van der Waals surface area contributed by atoms with Crippen molar-refractivity contribution in [3.63, 3.8) is 0 Å². The van der Waals surface area contributed by atoms with Gasteiger partial charge >= 0.3 is 11.7 Å². The van der Waals surface area contributed by atoms with Crippen molar-refractivity contribution in [3.8, 4) is 0 Å². The molecule has 0 spiro atoms. The number of hydrogen-bond acceptors (Lipinski definition) is 17. The normalized spacial score (nSPS) is 22.3. The summed E-state index contributed by atoms with van der Waals surface area (Å²) in [6, 6.07) is 54.5. The fourth-order valence-electron chi connectivity index (χ4n) is 17.1.